The molecule has 104 valence electrons. The molecule has 1 N–H and O–H groups in total. The van der Waals surface area contributed by atoms with Crippen molar-refractivity contribution in [3.8, 4) is 0 Å². The van der Waals surface area contributed by atoms with Crippen molar-refractivity contribution in [2.24, 2.45) is 5.92 Å². The van der Waals surface area contributed by atoms with E-state index in [9.17, 15) is 4.39 Å². The second-order valence-corrected chi connectivity index (χ2v) is 5.94. The van der Waals surface area contributed by atoms with E-state index in [1.165, 1.54) is 31.9 Å². The third kappa shape index (κ3) is 3.98. The van der Waals surface area contributed by atoms with Gasteiger partial charge in [-0.3, -0.25) is 9.88 Å². The summed E-state index contributed by atoms with van der Waals surface area (Å²) < 4.78 is 13.2. The zero-order valence-corrected chi connectivity index (χ0v) is 11.3. The van der Waals surface area contributed by atoms with E-state index in [4.69, 9.17) is 0 Å². The summed E-state index contributed by atoms with van der Waals surface area (Å²) in [6.07, 6.45) is 8.32. The molecule has 2 fully saturated rings. The number of rotatable bonds is 6. The first-order chi connectivity index (χ1) is 9.29. The van der Waals surface area contributed by atoms with Crippen molar-refractivity contribution < 1.29 is 4.39 Å². The molecule has 3 rings (SSSR count). The highest BCUT2D eigenvalue weighted by atomic mass is 19.1. The predicted molar refractivity (Wildman–Crippen MR) is 73.2 cm³/mol. The van der Waals surface area contributed by atoms with Crippen LogP contribution in [0.15, 0.2) is 18.5 Å². The van der Waals surface area contributed by atoms with Gasteiger partial charge in [-0.15, -0.1) is 0 Å². The maximum Gasteiger partial charge on any atom is 0.141 e. The Morgan fingerprint density at radius 1 is 1.26 bits per heavy atom. The molecule has 0 amide bonds. The third-order valence-electron chi connectivity index (χ3n) is 4.02. The molecular formula is C15H22FN3. The SMILES string of the molecule is Fc1cncc(CN(CC2CC2)CC2CCCN2)c1. The van der Waals surface area contributed by atoms with Gasteiger partial charge in [0.05, 0.1) is 6.20 Å². The van der Waals surface area contributed by atoms with Crippen molar-refractivity contribution >= 4 is 0 Å². The fourth-order valence-electron chi connectivity index (χ4n) is 2.89. The van der Waals surface area contributed by atoms with Gasteiger partial charge in [-0.2, -0.15) is 0 Å². The average molecular weight is 263 g/mol. The van der Waals surface area contributed by atoms with Gasteiger partial charge in [0, 0.05) is 31.9 Å². The Balaban J connectivity index is 1.60. The van der Waals surface area contributed by atoms with Crippen molar-refractivity contribution in [2.45, 2.75) is 38.3 Å². The number of hydrogen-bond acceptors (Lipinski definition) is 3. The molecule has 1 aliphatic carbocycles. The summed E-state index contributed by atoms with van der Waals surface area (Å²) in [5.74, 6) is 0.630. The summed E-state index contributed by atoms with van der Waals surface area (Å²) in [6.45, 7) is 4.19. The molecule has 3 nitrogen and oxygen atoms in total. The van der Waals surface area contributed by atoms with Crippen molar-refractivity contribution in [1.82, 2.24) is 15.2 Å². The normalized spacial score (nSPS) is 23.2. The lowest BCUT2D eigenvalue weighted by Crippen LogP contribution is -2.38. The molecule has 19 heavy (non-hydrogen) atoms. The van der Waals surface area contributed by atoms with Gasteiger partial charge in [-0.1, -0.05) is 0 Å². The lowest BCUT2D eigenvalue weighted by atomic mass is 10.2. The lowest BCUT2D eigenvalue weighted by molar-refractivity contribution is 0.231. The van der Waals surface area contributed by atoms with Crippen LogP contribution in [0.4, 0.5) is 4.39 Å². The minimum atomic E-state index is -0.233. The van der Waals surface area contributed by atoms with Gasteiger partial charge in [0.1, 0.15) is 5.82 Å². The summed E-state index contributed by atoms with van der Waals surface area (Å²) in [4.78, 5) is 6.42. The van der Waals surface area contributed by atoms with Gasteiger partial charge in [-0.05, 0) is 49.8 Å². The first-order valence-electron chi connectivity index (χ1n) is 7.35. The number of halogens is 1. The summed E-state index contributed by atoms with van der Waals surface area (Å²) in [5.41, 5.74) is 0.985. The maximum atomic E-state index is 13.2. The van der Waals surface area contributed by atoms with Crippen molar-refractivity contribution in [1.29, 1.82) is 0 Å². The molecule has 2 heterocycles. The van der Waals surface area contributed by atoms with Crippen LogP contribution < -0.4 is 5.32 Å². The zero-order chi connectivity index (χ0) is 13.1. The molecular weight excluding hydrogens is 241 g/mol. The van der Waals surface area contributed by atoms with Crippen molar-refractivity contribution in [3.63, 3.8) is 0 Å². The molecule has 0 aromatic carbocycles. The predicted octanol–water partition coefficient (Wildman–Crippen LogP) is 2.18. The zero-order valence-electron chi connectivity index (χ0n) is 11.3. The number of nitrogens with zero attached hydrogens (tertiary/aromatic N) is 2. The maximum absolute atomic E-state index is 13.2. The van der Waals surface area contributed by atoms with Gasteiger partial charge in [0.25, 0.3) is 0 Å². The fraction of sp³-hybridized carbons (Fsp3) is 0.667. The average Bonchev–Trinajstić information content (AvgIpc) is 3.03. The summed E-state index contributed by atoms with van der Waals surface area (Å²) in [6, 6.07) is 2.22. The van der Waals surface area contributed by atoms with Gasteiger partial charge in [0.15, 0.2) is 0 Å². The van der Waals surface area contributed by atoms with Crippen molar-refractivity contribution in [3.05, 3.63) is 29.8 Å². The number of pyridine rings is 1. The van der Waals surface area contributed by atoms with E-state index in [-0.39, 0.29) is 5.82 Å². The Morgan fingerprint density at radius 3 is 2.84 bits per heavy atom. The van der Waals surface area contributed by atoms with E-state index < -0.39 is 0 Å². The summed E-state index contributed by atoms with van der Waals surface area (Å²) in [5, 5.41) is 3.55. The second kappa shape index (κ2) is 5.97. The fourth-order valence-corrected chi connectivity index (χ4v) is 2.89. The van der Waals surface area contributed by atoms with Crippen LogP contribution in [0.5, 0.6) is 0 Å². The molecule has 4 heteroatoms. The highest BCUT2D eigenvalue weighted by molar-refractivity contribution is 5.10. The third-order valence-corrected chi connectivity index (χ3v) is 4.02. The smallest absolute Gasteiger partial charge is 0.141 e. The van der Waals surface area contributed by atoms with Crippen LogP contribution in [0.25, 0.3) is 0 Å². The second-order valence-electron chi connectivity index (χ2n) is 5.94. The Hall–Kier alpha value is -1.00. The molecule has 2 aliphatic rings. The molecule has 1 aromatic rings. The topological polar surface area (TPSA) is 28.2 Å². The minimum Gasteiger partial charge on any atom is -0.313 e. The molecule has 0 spiro atoms. The Kier molecular flexibility index (Phi) is 4.09. The number of hydrogen-bond donors (Lipinski definition) is 1. The van der Waals surface area contributed by atoms with E-state index in [0.29, 0.717) is 6.04 Å². The van der Waals surface area contributed by atoms with Crippen LogP contribution in [-0.4, -0.2) is 35.6 Å². The van der Waals surface area contributed by atoms with Crippen LogP contribution in [0.1, 0.15) is 31.2 Å². The minimum absolute atomic E-state index is 0.233. The highest BCUT2D eigenvalue weighted by Gasteiger charge is 2.26. The Bertz CT molecular complexity index is 414. The Morgan fingerprint density at radius 2 is 2.16 bits per heavy atom. The highest BCUT2D eigenvalue weighted by Crippen LogP contribution is 2.30. The van der Waals surface area contributed by atoms with Crippen LogP contribution in [-0.2, 0) is 6.54 Å². The quantitative estimate of drug-likeness (QED) is 0.852. The lowest BCUT2D eigenvalue weighted by Gasteiger charge is -2.25. The molecule has 1 aliphatic heterocycles. The van der Waals surface area contributed by atoms with E-state index >= 15 is 0 Å². The molecule has 0 radical (unpaired) electrons. The van der Waals surface area contributed by atoms with Crippen LogP contribution >= 0.6 is 0 Å². The van der Waals surface area contributed by atoms with Crippen LogP contribution in [0.3, 0.4) is 0 Å². The van der Waals surface area contributed by atoms with Crippen molar-refractivity contribution in [2.75, 3.05) is 19.6 Å². The summed E-state index contributed by atoms with van der Waals surface area (Å²) >= 11 is 0. The molecule has 1 saturated carbocycles. The van der Waals surface area contributed by atoms with Gasteiger partial charge < -0.3 is 5.32 Å². The number of nitrogens with one attached hydrogen (secondary N) is 1. The van der Waals surface area contributed by atoms with Crippen LogP contribution in [0, 0.1) is 11.7 Å². The molecule has 1 unspecified atom stereocenters. The first-order valence-corrected chi connectivity index (χ1v) is 7.35. The standard InChI is InChI=1S/C15H22FN3/c16-14-6-13(7-17-8-14)10-19(9-12-3-4-12)11-15-2-1-5-18-15/h6-8,12,15,18H,1-5,9-11H2. The van der Waals surface area contributed by atoms with E-state index in [2.05, 4.69) is 15.2 Å². The number of aromatic nitrogens is 1. The van der Waals surface area contributed by atoms with Crippen LogP contribution in [0.2, 0.25) is 0 Å². The Labute approximate surface area is 114 Å². The van der Waals surface area contributed by atoms with Gasteiger partial charge in [0.2, 0.25) is 0 Å². The van der Waals surface area contributed by atoms with E-state index in [1.54, 1.807) is 12.3 Å². The first kappa shape index (κ1) is 13.0. The molecule has 1 aromatic heterocycles. The monoisotopic (exact) mass is 263 g/mol. The molecule has 1 atom stereocenters. The van der Waals surface area contributed by atoms with E-state index in [1.807, 2.05) is 0 Å². The largest absolute Gasteiger partial charge is 0.313 e. The van der Waals surface area contributed by atoms with E-state index in [0.717, 1.165) is 37.7 Å². The van der Waals surface area contributed by atoms with Gasteiger partial charge in [-0.25, -0.2) is 4.39 Å². The summed E-state index contributed by atoms with van der Waals surface area (Å²) in [7, 11) is 0. The molecule has 1 saturated heterocycles. The van der Waals surface area contributed by atoms with Gasteiger partial charge >= 0.3 is 0 Å². The molecule has 0 bridgehead atoms.